The number of likely N-dealkylation sites (N-methyl/N-ethyl adjacent to an activating group) is 1. The number of hydrogen-bond donors (Lipinski definition) is 1. The molecule has 0 radical (unpaired) electrons. The lowest BCUT2D eigenvalue weighted by atomic mass is 9.94. The molecule has 1 fully saturated rings. The zero-order valence-electron chi connectivity index (χ0n) is 10.3. The van der Waals surface area contributed by atoms with Crippen molar-refractivity contribution in [2.45, 2.75) is 31.9 Å². The monoisotopic (exact) mass is 241 g/mol. The second-order valence-corrected chi connectivity index (χ2v) is 4.74. The number of rotatable bonds is 4. The lowest BCUT2D eigenvalue weighted by Crippen LogP contribution is -2.45. The minimum absolute atomic E-state index is 0.568. The topological polar surface area (TPSA) is 71.6 Å². The number of nitrogens with zero attached hydrogens (tertiary/aromatic N) is 3. The Balaban J connectivity index is 1.85. The highest BCUT2D eigenvalue weighted by Crippen LogP contribution is 2.21. The van der Waals surface area contributed by atoms with Crippen LogP contribution < -0.4 is 0 Å². The van der Waals surface area contributed by atoms with Crippen LogP contribution in [0.25, 0.3) is 0 Å². The van der Waals surface area contributed by atoms with Crippen molar-refractivity contribution in [3.63, 3.8) is 0 Å². The Bertz CT molecular complexity index is 361. The van der Waals surface area contributed by atoms with Crippen molar-refractivity contribution in [1.29, 1.82) is 0 Å². The second-order valence-electron chi connectivity index (χ2n) is 4.74. The molecule has 6 heteroatoms. The summed E-state index contributed by atoms with van der Waals surface area (Å²) in [6, 6.07) is 0. The van der Waals surface area contributed by atoms with Gasteiger partial charge in [-0.2, -0.15) is 4.98 Å². The zero-order chi connectivity index (χ0) is 12.3. The standard InChI is InChI=1S/C11H19N3O3/c1-9-12-10(13-17-9)7-14(2)8-11(15)3-5-16-6-4-11/h15H,3-8H2,1-2H3. The van der Waals surface area contributed by atoms with Gasteiger partial charge in [0.1, 0.15) is 0 Å². The quantitative estimate of drug-likeness (QED) is 0.820. The van der Waals surface area contributed by atoms with Crippen molar-refractivity contribution in [2.75, 3.05) is 26.8 Å². The largest absolute Gasteiger partial charge is 0.388 e. The van der Waals surface area contributed by atoms with E-state index in [-0.39, 0.29) is 0 Å². The first-order valence-electron chi connectivity index (χ1n) is 5.85. The third-order valence-electron chi connectivity index (χ3n) is 2.97. The van der Waals surface area contributed by atoms with E-state index < -0.39 is 5.60 Å². The molecule has 2 heterocycles. The van der Waals surface area contributed by atoms with E-state index >= 15 is 0 Å². The van der Waals surface area contributed by atoms with Gasteiger partial charge in [-0.05, 0) is 7.05 Å². The highest BCUT2D eigenvalue weighted by molar-refractivity contribution is 4.88. The molecule has 0 atom stereocenters. The molecule has 0 saturated carbocycles. The van der Waals surface area contributed by atoms with E-state index in [1.54, 1.807) is 6.92 Å². The maximum atomic E-state index is 10.3. The molecule has 1 aromatic rings. The number of aromatic nitrogens is 2. The fourth-order valence-corrected chi connectivity index (χ4v) is 2.11. The van der Waals surface area contributed by atoms with E-state index in [2.05, 4.69) is 10.1 Å². The van der Waals surface area contributed by atoms with Gasteiger partial charge in [-0.25, -0.2) is 0 Å². The van der Waals surface area contributed by atoms with Crippen LogP contribution in [0.3, 0.4) is 0 Å². The van der Waals surface area contributed by atoms with Crippen LogP contribution in [0.15, 0.2) is 4.52 Å². The Morgan fingerprint density at radius 2 is 2.12 bits per heavy atom. The van der Waals surface area contributed by atoms with Gasteiger partial charge < -0.3 is 14.4 Å². The smallest absolute Gasteiger partial charge is 0.223 e. The van der Waals surface area contributed by atoms with Crippen molar-refractivity contribution < 1.29 is 14.4 Å². The Labute approximate surface area is 101 Å². The SMILES string of the molecule is Cc1nc(CN(C)CC2(O)CCOCC2)no1. The van der Waals surface area contributed by atoms with Crippen LogP contribution in [-0.2, 0) is 11.3 Å². The van der Waals surface area contributed by atoms with Crippen molar-refractivity contribution in [3.8, 4) is 0 Å². The van der Waals surface area contributed by atoms with Crippen LogP contribution >= 0.6 is 0 Å². The van der Waals surface area contributed by atoms with Crippen molar-refractivity contribution in [3.05, 3.63) is 11.7 Å². The summed E-state index contributed by atoms with van der Waals surface area (Å²) in [5, 5.41) is 14.2. The fraction of sp³-hybridized carbons (Fsp3) is 0.818. The van der Waals surface area contributed by atoms with Gasteiger partial charge in [0.25, 0.3) is 0 Å². The molecule has 96 valence electrons. The lowest BCUT2D eigenvalue weighted by Gasteiger charge is -2.35. The summed E-state index contributed by atoms with van der Waals surface area (Å²) in [4.78, 5) is 6.15. The number of ether oxygens (including phenoxy) is 1. The minimum atomic E-state index is -0.647. The lowest BCUT2D eigenvalue weighted by molar-refractivity contribution is -0.0779. The first-order valence-corrected chi connectivity index (χ1v) is 5.85. The van der Waals surface area contributed by atoms with Gasteiger partial charge >= 0.3 is 0 Å². The summed E-state index contributed by atoms with van der Waals surface area (Å²) in [6.07, 6.45) is 1.37. The highest BCUT2D eigenvalue weighted by atomic mass is 16.5. The maximum absolute atomic E-state index is 10.3. The molecular formula is C11H19N3O3. The van der Waals surface area contributed by atoms with Gasteiger partial charge in [-0.3, -0.25) is 4.90 Å². The number of aryl methyl sites for hydroxylation is 1. The highest BCUT2D eigenvalue weighted by Gasteiger charge is 2.31. The van der Waals surface area contributed by atoms with Gasteiger partial charge in [0.05, 0.1) is 12.1 Å². The van der Waals surface area contributed by atoms with Crippen LogP contribution in [0.1, 0.15) is 24.6 Å². The van der Waals surface area contributed by atoms with Gasteiger partial charge in [0, 0.05) is 39.5 Å². The normalized spacial score (nSPS) is 19.8. The first-order chi connectivity index (χ1) is 8.07. The summed E-state index contributed by atoms with van der Waals surface area (Å²) in [5.74, 6) is 1.22. The molecular weight excluding hydrogens is 222 g/mol. The summed E-state index contributed by atoms with van der Waals surface area (Å²) >= 11 is 0. The van der Waals surface area contributed by atoms with E-state index in [0.717, 1.165) is 0 Å². The molecule has 1 aliphatic rings. The molecule has 0 spiro atoms. The summed E-state index contributed by atoms with van der Waals surface area (Å²) in [6.45, 7) is 4.21. The third kappa shape index (κ3) is 3.49. The van der Waals surface area contributed by atoms with Crippen molar-refractivity contribution in [1.82, 2.24) is 15.0 Å². The van der Waals surface area contributed by atoms with Gasteiger partial charge in [-0.1, -0.05) is 5.16 Å². The van der Waals surface area contributed by atoms with Crippen LogP contribution in [0.5, 0.6) is 0 Å². The first kappa shape index (κ1) is 12.5. The molecule has 0 aliphatic carbocycles. The summed E-state index contributed by atoms with van der Waals surface area (Å²) in [5.41, 5.74) is -0.647. The van der Waals surface area contributed by atoms with Gasteiger partial charge in [-0.15, -0.1) is 0 Å². The summed E-state index contributed by atoms with van der Waals surface area (Å²) < 4.78 is 10.2. The molecule has 0 unspecified atom stereocenters. The molecule has 0 bridgehead atoms. The Kier molecular flexibility index (Phi) is 3.76. The van der Waals surface area contributed by atoms with Crippen molar-refractivity contribution >= 4 is 0 Å². The van der Waals surface area contributed by atoms with E-state index in [9.17, 15) is 5.11 Å². The van der Waals surface area contributed by atoms with Crippen LogP contribution in [0.4, 0.5) is 0 Å². The molecule has 0 aromatic carbocycles. The zero-order valence-corrected chi connectivity index (χ0v) is 10.3. The number of aliphatic hydroxyl groups is 1. The predicted molar refractivity (Wildman–Crippen MR) is 60.4 cm³/mol. The molecule has 1 aromatic heterocycles. The average molecular weight is 241 g/mol. The fourth-order valence-electron chi connectivity index (χ4n) is 2.11. The summed E-state index contributed by atoms with van der Waals surface area (Å²) in [7, 11) is 1.94. The van der Waals surface area contributed by atoms with Crippen LogP contribution in [0.2, 0.25) is 0 Å². The Morgan fingerprint density at radius 3 is 2.71 bits per heavy atom. The second kappa shape index (κ2) is 5.12. The van der Waals surface area contributed by atoms with Crippen LogP contribution in [-0.4, -0.2) is 52.6 Å². The molecule has 1 aliphatic heterocycles. The van der Waals surface area contributed by atoms with Gasteiger partial charge in [0.15, 0.2) is 5.82 Å². The number of hydrogen-bond acceptors (Lipinski definition) is 6. The van der Waals surface area contributed by atoms with E-state index in [4.69, 9.17) is 9.26 Å². The van der Waals surface area contributed by atoms with E-state index in [0.29, 0.717) is 50.9 Å². The molecule has 0 amide bonds. The van der Waals surface area contributed by atoms with E-state index in [1.165, 1.54) is 0 Å². The van der Waals surface area contributed by atoms with Crippen molar-refractivity contribution in [2.24, 2.45) is 0 Å². The Hall–Kier alpha value is -0.980. The molecule has 1 saturated heterocycles. The Morgan fingerprint density at radius 1 is 1.41 bits per heavy atom. The molecule has 2 rings (SSSR count). The molecule has 17 heavy (non-hydrogen) atoms. The third-order valence-corrected chi connectivity index (χ3v) is 2.97. The molecule has 6 nitrogen and oxygen atoms in total. The molecule has 1 N–H and O–H groups in total. The maximum Gasteiger partial charge on any atom is 0.223 e. The van der Waals surface area contributed by atoms with E-state index in [1.807, 2.05) is 11.9 Å². The van der Waals surface area contributed by atoms with Crippen LogP contribution in [0, 0.1) is 6.92 Å². The van der Waals surface area contributed by atoms with Gasteiger partial charge in [0.2, 0.25) is 5.89 Å². The minimum Gasteiger partial charge on any atom is -0.388 e. The average Bonchev–Trinajstić information content (AvgIpc) is 2.63. The predicted octanol–water partition coefficient (Wildman–Crippen LogP) is 0.351.